The fourth-order valence-electron chi connectivity index (χ4n) is 1.20. The summed E-state index contributed by atoms with van der Waals surface area (Å²) >= 11 is 3.32. The lowest BCUT2D eigenvalue weighted by molar-refractivity contribution is 0.588. The molecule has 0 spiro atoms. The molecule has 1 nitrogen and oxygen atoms in total. The minimum atomic E-state index is -0.166. The number of nitrogens with one attached hydrogen (secondary N) is 1. The first-order valence-corrected chi connectivity index (χ1v) is 5.68. The van der Waals surface area contributed by atoms with Crippen molar-refractivity contribution in [2.75, 3.05) is 6.54 Å². The van der Waals surface area contributed by atoms with Crippen molar-refractivity contribution in [2.24, 2.45) is 0 Å². The molecule has 0 fully saturated rings. The monoisotopic (exact) mass is 271 g/mol. The van der Waals surface area contributed by atoms with E-state index in [2.05, 4.69) is 27.8 Å². The SMILES string of the molecule is C=C(C)CCNCc1cc(Br)ccc1F. The van der Waals surface area contributed by atoms with Crippen LogP contribution in [-0.4, -0.2) is 6.54 Å². The maximum Gasteiger partial charge on any atom is 0.127 e. The lowest BCUT2D eigenvalue weighted by atomic mass is 10.2. The first-order valence-electron chi connectivity index (χ1n) is 4.88. The van der Waals surface area contributed by atoms with Crippen LogP contribution in [0.5, 0.6) is 0 Å². The Labute approximate surface area is 98.5 Å². The predicted molar refractivity (Wildman–Crippen MR) is 65.2 cm³/mol. The van der Waals surface area contributed by atoms with Gasteiger partial charge in [-0.25, -0.2) is 4.39 Å². The van der Waals surface area contributed by atoms with Crippen molar-refractivity contribution in [3.63, 3.8) is 0 Å². The second kappa shape index (κ2) is 6.03. The second-order valence-corrected chi connectivity index (χ2v) is 4.54. The molecule has 0 unspecified atom stereocenters. The minimum absolute atomic E-state index is 0.166. The molecule has 0 amide bonds. The van der Waals surface area contributed by atoms with E-state index in [-0.39, 0.29) is 5.82 Å². The second-order valence-electron chi connectivity index (χ2n) is 3.62. The van der Waals surface area contributed by atoms with Crippen LogP contribution in [0.15, 0.2) is 34.8 Å². The summed E-state index contributed by atoms with van der Waals surface area (Å²) in [4.78, 5) is 0. The molecule has 1 rings (SSSR count). The van der Waals surface area contributed by atoms with Gasteiger partial charge in [0.15, 0.2) is 0 Å². The molecule has 0 aliphatic heterocycles. The molecule has 1 N–H and O–H groups in total. The predicted octanol–water partition coefficient (Wildman–Crippen LogP) is 3.64. The van der Waals surface area contributed by atoms with Crippen LogP contribution in [0.1, 0.15) is 18.9 Å². The first-order chi connectivity index (χ1) is 7.09. The average Bonchev–Trinajstić information content (AvgIpc) is 2.17. The third-order valence-corrected chi connectivity index (χ3v) is 2.55. The van der Waals surface area contributed by atoms with Gasteiger partial charge in [0.2, 0.25) is 0 Å². The molecule has 1 aromatic carbocycles. The van der Waals surface area contributed by atoms with Crippen LogP contribution in [0.4, 0.5) is 4.39 Å². The molecule has 0 heterocycles. The molecule has 0 radical (unpaired) electrons. The highest BCUT2D eigenvalue weighted by atomic mass is 79.9. The van der Waals surface area contributed by atoms with Crippen molar-refractivity contribution in [1.29, 1.82) is 0 Å². The molecular weight excluding hydrogens is 257 g/mol. The van der Waals surface area contributed by atoms with Gasteiger partial charge in [-0.05, 0) is 38.1 Å². The highest BCUT2D eigenvalue weighted by Gasteiger charge is 2.01. The Morgan fingerprint density at radius 2 is 2.27 bits per heavy atom. The van der Waals surface area contributed by atoms with Gasteiger partial charge in [-0.1, -0.05) is 21.5 Å². The van der Waals surface area contributed by atoms with E-state index in [1.54, 1.807) is 12.1 Å². The van der Waals surface area contributed by atoms with Gasteiger partial charge in [0.05, 0.1) is 0 Å². The number of hydrogen-bond donors (Lipinski definition) is 1. The zero-order valence-corrected chi connectivity index (χ0v) is 10.4. The highest BCUT2D eigenvalue weighted by molar-refractivity contribution is 9.10. The molecular formula is C12H15BrFN. The highest BCUT2D eigenvalue weighted by Crippen LogP contribution is 2.15. The summed E-state index contributed by atoms with van der Waals surface area (Å²) in [6.07, 6.45) is 0.926. The average molecular weight is 272 g/mol. The standard InChI is InChI=1S/C12H15BrFN/c1-9(2)5-6-15-8-10-7-11(13)3-4-12(10)14/h3-4,7,15H,1,5-6,8H2,2H3. The van der Waals surface area contributed by atoms with Gasteiger partial charge in [-0.2, -0.15) is 0 Å². The number of halogens is 2. The van der Waals surface area contributed by atoms with E-state index in [9.17, 15) is 4.39 Å². The molecule has 0 bridgehead atoms. The molecule has 0 aromatic heterocycles. The zero-order chi connectivity index (χ0) is 11.3. The van der Waals surface area contributed by atoms with Gasteiger partial charge in [0, 0.05) is 16.6 Å². The van der Waals surface area contributed by atoms with Gasteiger partial charge in [0.1, 0.15) is 5.82 Å². The van der Waals surface area contributed by atoms with E-state index in [0.717, 1.165) is 23.0 Å². The van der Waals surface area contributed by atoms with Crippen LogP contribution in [0.2, 0.25) is 0 Å². The van der Waals surface area contributed by atoms with E-state index in [1.165, 1.54) is 6.07 Å². The van der Waals surface area contributed by atoms with E-state index >= 15 is 0 Å². The summed E-state index contributed by atoms with van der Waals surface area (Å²) in [5.41, 5.74) is 1.82. The van der Waals surface area contributed by atoms with Crippen molar-refractivity contribution in [2.45, 2.75) is 19.9 Å². The Balaban J connectivity index is 2.43. The van der Waals surface area contributed by atoms with E-state index in [0.29, 0.717) is 12.1 Å². The van der Waals surface area contributed by atoms with Gasteiger partial charge in [-0.15, -0.1) is 6.58 Å². The van der Waals surface area contributed by atoms with Gasteiger partial charge < -0.3 is 5.32 Å². The molecule has 0 atom stereocenters. The fourth-order valence-corrected chi connectivity index (χ4v) is 1.61. The lowest BCUT2D eigenvalue weighted by Crippen LogP contribution is -2.15. The molecule has 3 heteroatoms. The number of benzene rings is 1. The summed E-state index contributed by atoms with van der Waals surface area (Å²) < 4.78 is 14.2. The maximum absolute atomic E-state index is 13.3. The van der Waals surface area contributed by atoms with Gasteiger partial charge >= 0.3 is 0 Å². The van der Waals surface area contributed by atoms with Crippen LogP contribution in [0, 0.1) is 5.82 Å². The van der Waals surface area contributed by atoms with Crippen LogP contribution in [0.3, 0.4) is 0 Å². The third-order valence-electron chi connectivity index (χ3n) is 2.05. The largest absolute Gasteiger partial charge is 0.312 e. The summed E-state index contributed by atoms with van der Waals surface area (Å²) in [6.45, 7) is 7.19. The van der Waals surface area contributed by atoms with E-state index < -0.39 is 0 Å². The van der Waals surface area contributed by atoms with Gasteiger partial charge in [0.25, 0.3) is 0 Å². The van der Waals surface area contributed by atoms with Crippen molar-refractivity contribution >= 4 is 15.9 Å². The fraction of sp³-hybridized carbons (Fsp3) is 0.333. The third kappa shape index (κ3) is 4.58. The zero-order valence-electron chi connectivity index (χ0n) is 8.82. The lowest BCUT2D eigenvalue weighted by Gasteiger charge is -2.06. The molecule has 1 aromatic rings. The quantitative estimate of drug-likeness (QED) is 0.637. The van der Waals surface area contributed by atoms with Crippen LogP contribution >= 0.6 is 15.9 Å². The Morgan fingerprint density at radius 3 is 2.93 bits per heavy atom. The van der Waals surface area contributed by atoms with Crippen molar-refractivity contribution < 1.29 is 4.39 Å². The minimum Gasteiger partial charge on any atom is -0.312 e. The summed E-state index contributed by atoms with van der Waals surface area (Å²) in [5, 5.41) is 3.18. The Bertz CT molecular complexity index is 349. The molecule has 0 saturated carbocycles. The molecule has 15 heavy (non-hydrogen) atoms. The number of hydrogen-bond acceptors (Lipinski definition) is 1. The first kappa shape index (κ1) is 12.4. The Kier molecular flexibility index (Phi) is 4.99. The Hall–Kier alpha value is -0.670. The number of rotatable bonds is 5. The van der Waals surface area contributed by atoms with Gasteiger partial charge in [-0.3, -0.25) is 0 Å². The van der Waals surface area contributed by atoms with Crippen LogP contribution in [-0.2, 0) is 6.54 Å². The summed E-state index contributed by atoms with van der Waals surface area (Å²) in [7, 11) is 0. The molecule has 0 aliphatic carbocycles. The Morgan fingerprint density at radius 1 is 1.53 bits per heavy atom. The van der Waals surface area contributed by atoms with Crippen molar-refractivity contribution in [3.8, 4) is 0 Å². The van der Waals surface area contributed by atoms with Crippen LogP contribution < -0.4 is 5.32 Å². The molecule has 0 saturated heterocycles. The van der Waals surface area contributed by atoms with E-state index in [4.69, 9.17) is 0 Å². The molecule has 82 valence electrons. The maximum atomic E-state index is 13.3. The normalized spacial score (nSPS) is 10.3. The van der Waals surface area contributed by atoms with Crippen LogP contribution in [0.25, 0.3) is 0 Å². The smallest absolute Gasteiger partial charge is 0.127 e. The van der Waals surface area contributed by atoms with E-state index in [1.807, 2.05) is 6.92 Å². The van der Waals surface area contributed by atoms with Crippen molar-refractivity contribution in [1.82, 2.24) is 5.32 Å². The summed E-state index contributed by atoms with van der Waals surface area (Å²) in [5.74, 6) is -0.166. The molecule has 0 aliphatic rings. The topological polar surface area (TPSA) is 12.0 Å². The summed E-state index contributed by atoms with van der Waals surface area (Å²) in [6, 6.07) is 4.97. The van der Waals surface area contributed by atoms with Crippen molar-refractivity contribution in [3.05, 3.63) is 46.2 Å².